The first-order valence-corrected chi connectivity index (χ1v) is 6.03. The summed E-state index contributed by atoms with van der Waals surface area (Å²) < 4.78 is 0. The number of benzene rings is 2. The Morgan fingerprint density at radius 2 is 1.71 bits per heavy atom. The summed E-state index contributed by atoms with van der Waals surface area (Å²) in [5, 5.41) is 0.793. The molecule has 0 fully saturated rings. The Hall–Kier alpha value is -1.31. The van der Waals surface area contributed by atoms with Crippen LogP contribution in [0.25, 0.3) is 0 Å². The Morgan fingerprint density at radius 3 is 2.53 bits per heavy atom. The molecule has 3 rings (SSSR count). The van der Waals surface area contributed by atoms with Crippen LogP contribution in [0.3, 0.4) is 0 Å². The number of halogens is 2. The lowest BCUT2D eigenvalue weighted by atomic mass is 9.85. The molecule has 84 valence electrons. The fourth-order valence-corrected chi connectivity index (χ4v) is 2.65. The van der Waals surface area contributed by atoms with E-state index in [1.165, 1.54) is 0 Å². The standard InChI is InChI=1S/C14H8Cl2O/c15-11-6-5-9-7-8-3-1-2-4-10(8)14(17)12(9)13(11)16/h1-6H,7H2. The van der Waals surface area contributed by atoms with Gasteiger partial charge >= 0.3 is 0 Å². The monoisotopic (exact) mass is 262 g/mol. The molecule has 2 aromatic carbocycles. The van der Waals surface area contributed by atoms with Crippen molar-refractivity contribution < 1.29 is 4.79 Å². The van der Waals surface area contributed by atoms with E-state index in [9.17, 15) is 4.79 Å². The molecule has 0 bridgehead atoms. The number of hydrogen-bond acceptors (Lipinski definition) is 1. The predicted octanol–water partition coefficient (Wildman–Crippen LogP) is 4.13. The van der Waals surface area contributed by atoms with E-state index < -0.39 is 0 Å². The minimum Gasteiger partial charge on any atom is -0.289 e. The first kappa shape index (κ1) is 10.8. The van der Waals surface area contributed by atoms with Crippen molar-refractivity contribution in [2.24, 2.45) is 0 Å². The molecule has 2 aromatic rings. The Morgan fingerprint density at radius 1 is 0.941 bits per heavy atom. The van der Waals surface area contributed by atoms with E-state index in [0.29, 0.717) is 15.6 Å². The van der Waals surface area contributed by atoms with Crippen LogP contribution in [-0.2, 0) is 6.42 Å². The van der Waals surface area contributed by atoms with Gasteiger partial charge in [0, 0.05) is 11.1 Å². The van der Waals surface area contributed by atoms with Crippen molar-refractivity contribution in [3.63, 3.8) is 0 Å². The molecule has 0 aliphatic heterocycles. The molecule has 0 amide bonds. The highest BCUT2D eigenvalue weighted by molar-refractivity contribution is 6.44. The number of carbonyl (C=O) groups excluding carboxylic acids is 1. The van der Waals surface area contributed by atoms with Crippen molar-refractivity contribution in [1.29, 1.82) is 0 Å². The largest absolute Gasteiger partial charge is 0.289 e. The van der Waals surface area contributed by atoms with Gasteiger partial charge in [-0.1, -0.05) is 53.5 Å². The van der Waals surface area contributed by atoms with Gasteiger partial charge in [0.25, 0.3) is 0 Å². The van der Waals surface area contributed by atoms with Crippen molar-refractivity contribution >= 4 is 29.0 Å². The highest BCUT2D eigenvalue weighted by Gasteiger charge is 2.26. The molecule has 17 heavy (non-hydrogen) atoms. The Bertz CT molecular complexity index is 632. The fourth-order valence-electron chi connectivity index (χ4n) is 2.22. The van der Waals surface area contributed by atoms with E-state index in [1.807, 2.05) is 30.3 Å². The number of hydrogen-bond donors (Lipinski definition) is 0. The molecule has 0 aromatic heterocycles. The number of ketones is 1. The van der Waals surface area contributed by atoms with E-state index in [4.69, 9.17) is 23.2 Å². The van der Waals surface area contributed by atoms with Gasteiger partial charge in [-0.3, -0.25) is 4.79 Å². The summed E-state index contributed by atoms with van der Waals surface area (Å²) in [4.78, 5) is 12.3. The molecule has 1 aliphatic carbocycles. The third-order valence-corrected chi connectivity index (χ3v) is 3.86. The van der Waals surface area contributed by atoms with Crippen LogP contribution >= 0.6 is 23.2 Å². The number of carbonyl (C=O) groups is 1. The smallest absolute Gasteiger partial charge is 0.195 e. The lowest BCUT2D eigenvalue weighted by Gasteiger charge is -2.19. The normalized spacial score (nSPS) is 13.2. The minimum atomic E-state index is -0.0330. The van der Waals surface area contributed by atoms with Crippen molar-refractivity contribution in [2.45, 2.75) is 6.42 Å². The summed E-state index contributed by atoms with van der Waals surface area (Å²) in [7, 11) is 0. The van der Waals surface area contributed by atoms with Gasteiger partial charge in [0.2, 0.25) is 0 Å². The van der Waals surface area contributed by atoms with Crippen LogP contribution in [0.2, 0.25) is 10.0 Å². The third-order valence-electron chi connectivity index (χ3n) is 3.05. The van der Waals surface area contributed by atoms with Gasteiger partial charge < -0.3 is 0 Å². The Balaban J connectivity index is 2.28. The molecule has 0 heterocycles. The van der Waals surface area contributed by atoms with Crippen molar-refractivity contribution in [1.82, 2.24) is 0 Å². The highest BCUT2D eigenvalue weighted by atomic mass is 35.5. The average molecular weight is 263 g/mol. The van der Waals surface area contributed by atoms with Crippen molar-refractivity contribution in [2.75, 3.05) is 0 Å². The summed E-state index contributed by atoms with van der Waals surface area (Å²) in [6, 6.07) is 11.2. The maximum Gasteiger partial charge on any atom is 0.195 e. The topological polar surface area (TPSA) is 17.1 Å². The highest BCUT2D eigenvalue weighted by Crippen LogP contribution is 2.35. The zero-order valence-electron chi connectivity index (χ0n) is 8.84. The van der Waals surface area contributed by atoms with Crippen molar-refractivity contribution in [3.8, 4) is 0 Å². The maximum atomic E-state index is 12.3. The molecule has 0 saturated carbocycles. The van der Waals surface area contributed by atoms with Crippen molar-refractivity contribution in [3.05, 3.63) is 68.7 Å². The summed E-state index contributed by atoms with van der Waals surface area (Å²) in [5.41, 5.74) is 3.27. The second kappa shape index (κ2) is 3.86. The second-order valence-corrected chi connectivity index (χ2v) is 4.84. The van der Waals surface area contributed by atoms with Gasteiger partial charge in [-0.2, -0.15) is 0 Å². The van der Waals surface area contributed by atoms with E-state index >= 15 is 0 Å². The van der Waals surface area contributed by atoms with Crippen LogP contribution in [0, 0.1) is 0 Å². The molecule has 0 unspecified atom stereocenters. The summed E-state index contributed by atoms with van der Waals surface area (Å²) in [6.45, 7) is 0. The maximum absolute atomic E-state index is 12.3. The number of fused-ring (bicyclic) bond motifs is 2. The zero-order chi connectivity index (χ0) is 12.0. The molecule has 1 nitrogen and oxygen atoms in total. The molecule has 0 spiro atoms. The fraction of sp³-hybridized carbons (Fsp3) is 0.0714. The van der Waals surface area contributed by atoms with Gasteiger partial charge in [0.1, 0.15) is 0 Å². The lowest BCUT2D eigenvalue weighted by Crippen LogP contribution is -2.15. The molecular formula is C14H8Cl2O. The van der Waals surface area contributed by atoms with Gasteiger partial charge in [-0.25, -0.2) is 0 Å². The van der Waals surface area contributed by atoms with E-state index in [-0.39, 0.29) is 5.78 Å². The summed E-state index contributed by atoms with van der Waals surface area (Å²) >= 11 is 12.1. The molecule has 0 radical (unpaired) electrons. The summed E-state index contributed by atoms with van der Waals surface area (Å²) in [6.07, 6.45) is 0.730. The Kier molecular flexibility index (Phi) is 2.46. The quantitative estimate of drug-likeness (QED) is 0.596. The van der Waals surface area contributed by atoms with Gasteiger partial charge in [-0.15, -0.1) is 0 Å². The molecule has 3 heteroatoms. The number of rotatable bonds is 0. The van der Waals surface area contributed by atoms with E-state index in [0.717, 1.165) is 23.1 Å². The molecular weight excluding hydrogens is 255 g/mol. The Labute approximate surface area is 109 Å². The minimum absolute atomic E-state index is 0.0330. The van der Waals surface area contributed by atoms with Gasteiger partial charge in [0.05, 0.1) is 10.0 Å². The molecule has 1 aliphatic rings. The van der Waals surface area contributed by atoms with E-state index in [1.54, 1.807) is 6.07 Å². The summed E-state index contributed by atoms with van der Waals surface area (Å²) in [5.74, 6) is -0.0330. The average Bonchev–Trinajstić information content (AvgIpc) is 2.34. The second-order valence-electron chi connectivity index (χ2n) is 4.06. The molecule has 0 N–H and O–H groups in total. The van der Waals surface area contributed by atoms with Crippen LogP contribution in [0.1, 0.15) is 27.0 Å². The molecule has 0 atom stereocenters. The zero-order valence-corrected chi connectivity index (χ0v) is 10.3. The van der Waals surface area contributed by atoms with Crippen LogP contribution in [0.15, 0.2) is 36.4 Å². The van der Waals surface area contributed by atoms with Gasteiger partial charge in [0.15, 0.2) is 5.78 Å². The van der Waals surface area contributed by atoms with Gasteiger partial charge in [-0.05, 0) is 23.6 Å². The third kappa shape index (κ3) is 1.58. The lowest BCUT2D eigenvalue weighted by molar-refractivity contribution is 0.103. The van der Waals surface area contributed by atoms with Crippen LogP contribution in [-0.4, -0.2) is 5.78 Å². The first-order chi connectivity index (χ1) is 8.18. The first-order valence-electron chi connectivity index (χ1n) is 5.28. The molecule has 0 saturated heterocycles. The van der Waals surface area contributed by atoms with Crippen LogP contribution in [0.4, 0.5) is 0 Å². The van der Waals surface area contributed by atoms with Crippen LogP contribution < -0.4 is 0 Å². The van der Waals surface area contributed by atoms with Crippen LogP contribution in [0.5, 0.6) is 0 Å². The SMILES string of the molecule is O=C1c2ccccc2Cc2ccc(Cl)c(Cl)c21. The predicted molar refractivity (Wildman–Crippen MR) is 69.1 cm³/mol. The van der Waals surface area contributed by atoms with E-state index in [2.05, 4.69) is 0 Å².